The summed E-state index contributed by atoms with van der Waals surface area (Å²) in [5, 5.41) is 1.39. The zero-order valence-corrected chi connectivity index (χ0v) is 17.9. The third-order valence-corrected chi connectivity index (χ3v) is 6.14. The Balaban J connectivity index is 2.26. The quantitative estimate of drug-likeness (QED) is 0.367. The summed E-state index contributed by atoms with van der Waals surface area (Å²) in [7, 11) is -0.0857. The van der Waals surface area contributed by atoms with Crippen LogP contribution in [0.4, 0.5) is 5.69 Å². The number of rotatable bonds is 8. The van der Waals surface area contributed by atoms with E-state index < -0.39 is 15.9 Å². The highest BCUT2D eigenvalue weighted by Crippen LogP contribution is 2.30. The van der Waals surface area contributed by atoms with Crippen molar-refractivity contribution in [1.82, 2.24) is 9.62 Å². The molecule has 2 aromatic rings. The van der Waals surface area contributed by atoms with Gasteiger partial charge >= 0.3 is 0 Å². The van der Waals surface area contributed by atoms with E-state index in [0.717, 1.165) is 16.0 Å². The van der Waals surface area contributed by atoms with Crippen molar-refractivity contribution in [3.63, 3.8) is 0 Å². The first-order valence-electron chi connectivity index (χ1n) is 8.23. The lowest BCUT2D eigenvalue weighted by molar-refractivity contribution is -0.134. The first-order valence-corrected chi connectivity index (χ1v) is 10.5. The highest BCUT2D eigenvalue weighted by Gasteiger charge is 2.20. The molecule has 2 aromatic carbocycles. The minimum Gasteiger partial charge on any atom is -0.377 e. The summed E-state index contributed by atoms with van der Waals surface area (Å²) < 4.78 is 28.0. The van der Waals surface area contributed by atoms with Crippen LogP contribution in [0.5, 0.6) is 0 Å². The summed E-state index contributed by atoms with van der Waals surface area (Å²) in [6, 6.07) is 10.5. The number of anilines is 1. The number of sulfonamides is 1. The van der Waals surface area contributed by atoms with Gasteiger partial charge in [0.15, 0.2) is 0 Å². The molecule has 0 fully saturated rings. The molecule has 0 spiro atoms. The molecule has 0 unspecified atom stereocenters. The molecule has 0 aliphatic heterocycles. The van der Waals surface area contributed by atoms with Crippen molar-refractivity contribution in [2.75, 3.05) is 32.1 Å². The average molecular weight is 466 g/mol. The fraction of sp³-hybridized carbons (Fsp3) is 0.211. The van der Waals surface area contributed by atoms with Gasteiger partial charge < -0.3 is 4.90 Å². The fourth-order valence-electron chi connectivity index (χ4n) is 2.67. The van der Waals surface area contributed by atoms with E-state index in [2.05, 4.69) is 33.0 Å². The van der Waals surface area contributed by atoms with Crippen molar-refractivity contribution in [2.45, 2.75) is 4.90 Å². The summed E-state index contributed by atoms with van der Waals surface area (Å²) in [5.41, 5.74) is 3.23. The number of carbonyl (C=O) groups is 2. The highest BCUT2D eigenvalue weighted by atomic mass is 79.9. The molecule has 0 heterocycles. The third kappa shape index (κ3) is 4.69. The van der Waals surface area contributed by atoms with Gasteiger partial charge in [0.05, 0.1) is 4.90 Å². The lowest BCUT2D eigenvalue weighted by Gasteiger charge is -2.18. The molecule has 0 aromatic heterocycles. The molecule has 0 aliphatic rings. The highest BCUT2D eigenvalue weighted by molar-refractivity contribution is 9.12. The van der Waals surface area contributed by atoms with Gasteiger partial charge in [-0.15, -0.1) is 5.73 Å². The molecule has 0 saturated heterocycles. The van der Waals surface area contributed by atoms with E-state index in [1.54, 1.807) is 18.2 Å². The summed E-state index contributed by atoms with van der Waals surface area (Å²) in [5.74, 6) is -0.648. The first kappa shape index (κ1) is 21.8. The number of carbonyl (C=O) groups excluding carboxylic acids is 2. The molecule has 148 valence electrons. The smallest absolute Gasteiger partial charge is 0.275 e. The molecule has 0 saturated carbocycles. The molecule has 1 N–H and O–H groups in total. The maximum Gasteiger partial charge on any atom is 0.275 e. The van der Waals surface area contributed by atoms with E-state index in [9.17, 15) is 18.0 Å². The maximum atomic E-state index is 12.8. The molecule has 7 nitrogen and oxygen atoms in total. The van der Waals surface area contributed by atoms with Crippen LogP contribution in [-0.2, 0) is 19.6 Å². The van der Waals surface area contributed by atoms with E-state index in [4.69, 9.17) is 0 Å². The minimum absolute atomic E-state index is 0.00674. The number of benzene rings is 2. The van der Waals surface area contributed by atoms with Gasteiger partial charge in [-0.2, -0.15) is 0 Å². The van der Waals surface area contributed by atoms with Crippen LogP contribution >= 0.6 is 15.9 Å². The van der Waals surface area contributed by atoms with E-state index in [1.165, 1.54) is 6.07 Å². The van der Waals surface area contributed by atoms with E-state index in [-0.39, 0.29) is 22.5 Å². The Hall–Kier alpha value is -2.45. The molecule has 0 aliphatic carbocycles. The van der Waals surface area contributed by atoms with Gasteiger partial charge in [-0.1, -0.05) is 30.8 Å². The van der Waals surface area contributed by atoms with Crippen molar-refractivity contribution in [3.8, 4) is 0 Å². The number of hydrogen-bond donors (Lipinski definition) is 1. The van der Waals surface area contributed by atoms with Crippen LogP contribution < -0.4 is 9.62 Å². The number of amides is 2. The van der Waals surface area contributed by atoms with Gasteiger partial charge in [-0.3, -0.25) is 14.5 Å². The largest absolute Gasteiger partial charge is 0.377 e. The molecule has 0 radical (unpaired) electrons. The van der Waals surface area contributed by atoms with Crippen molar-refractivity contribution in [1.29, 1.82) is 0 Å². The first-order chi connectivity index (χ1) is 13.2. The zero-order valence-electron chi connectivity index (χ0n) is 15.5. The number of fused-ring (bicyclic) bond motifs is 1. The second-order valence-corrected chi connectivity index (χ2v) is 8.54. The van der Waals surface area contributed by atoms with Gasteiger partial charge in [0.1, 0.15) is 4.48 Å². The summed E-state index contributed by atoms with van der Waals surface area (Å²) >= 11 is 2.95. The lowest BCUT2D eigenvalue weighted by atomic mass is 10.1. The summed E-state index contributed by atoms with van der Waals surface area (Å²) in [6.45, 7) is 3.05. The topological polar surface area (TPSA) is 86.8 Å². The van der Waals surface area contributed by atoms with Crippen LogP contribution in [0.3, 0.4) is 0 Å². The third-order valence-electron chi connectivity index (χ3n) is 4.01. The summed E-state index contributed by atoms with van der Waals surface area (Å²) in [4.78, 5) is 25.9. The Morgan fingerprint density at radius 3 is 2.46 bits per heavy atom. The number of hydrogen-bond acceptors (Lipinski definition) is 5. The van der Waals surface area contributed by atoms with E-state index >= 15 is 0 Å². The Morgan fingerprint density at radius 1 is 1.21 bits per heavy atom. The van der Waals surface area contributed by atoms with E-state index in [0.29, 0.717) is 11.8 Å². The standard InChI is InChI=1S/C19H20BrN3O4S/c1-4-16(20)19(25)23(13-24)12-11-21-28(26,27)18-10-6-7-14-15(18)8-5-9-17(14)22(2)3/h5-10,13,21H,1,11-12H2,2-3H3. The van der Waals surface area contributed by atoms with Gasteiger partial charge in [0, 0.05) is 43.6 Å². The Bertz CT molecular complexity index is 1060. The second kappa shape index (κ2) is 9.16. The molecular weight excluding hydrogens is 446 g/mol. The number of nitrogens with one attached hydrogen (secondary N) is 1. The van der Waals surface area contributed by atoms with Crippen molar-refractivity contribution < 1.29 is 18.0 Å². The second-order valence-electron chi connectivity index (χ2n) is 6.02. The SMILES string of the molecule is C=C=C(Br)C(=O)N(C=O)CCNS(=O)(=O)c1cccc2c(N(C)C)cccc12. The van der Waals surface area contributed by atoms with Crippen molar-refractivity contribution >= 4 is 54.7 Å². The van der Waals surface area contributed by atoms with Crippen molar-refractivity contribution in [2.24, 2.45) is 0 Å². The van der Waals surface area contributed by atoms with E-state index in [1.807, 2.05) is 31.1 Å². The molecule has 28 heavy (non-hydrogen) atoms. The van der Waals surface area contributed by atoms with Crippen LogP contribution in [0.15, 0.2) is 58.1 Å². The average Bonchev–Trinajstić information content (AvgIpc) is 2.68. The van der Waals surface area contributed by atoms with Crippen LogP contribution in [0, 0.1) is 0 Å². The van der Waals surface area contributed by atoms with Crippen LogP contribution in [0.1, 0.15) is 0 Å². The summed E-state index contributed by atoms with van der Waals surface area (Å²) in [6.07, 6.45) is 0.330. The van der Waals surface area contributed by atoms with Crippen LogP contribution in [-0.4, -0.2) is 52.8 Å². The van der Waals surface area contributed by atoms with Gasteiger partial charge in [0.2, 0.25) is 16.4 Å². The zero-order chi connectivity index (χ0) is 20.9. The minimum atomic E-state index is -3.85. The Morgan fingerprint density at radius 2 is 1.86 bits per heavy atom. The predicted octanol–water partition coefficient (Wildman–Crippen LogP) is 2.23. The molecule has 2 rings (SSSR count). The van der Waals surface area contributed by atoms with Gasteiger partial charge in [-0.25, -0.2) is 13.1 Å². The Labute approximate surface area is 172 Å². The molecular formula is C19H20BrN3O4S. The normalized spacial score (nSPS) is 11.0. The van der Waals surface area contributed by atoms with Gasteiger partial charge in [-0.05, 0) is 28.1 Å². The number of halogens is 1. The molecule has 2 amide bonds. The number of imide groups is 1. The maximum absolute atomic E-state index is 12.8. The van der Waals surface area contributed by atoms with Crippen LogP contribution in [0.2, 0.25) is 0 Å². The molecule has 0 atom stereocenters. The van der Waals surface area contributed by atoms with Crippen LogP contribution in [0.25, 0.3) is 10.8 Å². The van der Waals surface area contributed by atoms with Gasteiger partial charge in [0.25, 0.3) is 5.91 Å². The molecule has 9 heteroatoms. The molecule has 0 bridgehead atoms. The predicted molar refractivity (Wildman–Crippen MR) is 113 cm³/mol. The lowest BCUT2D eigenvalue weighted by Crippen LogP contribution is -2.37. The number of nitrogens with zero attached hydrogens (tertiary/aromatic N) is 2. The van der Waals surface area contributed by atoms with Crippen molar-refractivity contribution in [3.05, 3.63) is 53.2 Å². The fourth-order valence-corrected chi connectivity index (χ4v) is 4.14. The Kier molecular flexibility index (Phi) is 7.15. The monoisotopic (exact) mass is 465 g/mol.